The Labute approximate surface area is 310 Å². The molecule has 7 nitrogen and oxygen atoms in total. The zero-order chi connectivity index (χ0) is 37.6. The van der Waals surface area contributed by atoms with Gasteiger partial charge >= 0.3 is 25.3 Å². The van der Waals surface area contributed by atoms with E-state index >= 15 is 0 Å². The minimum Gasteiger partial charge on any atom is -0.462 e. The Hall–Kier alpha value is -4.48. The molecule has 0 aliphatic heterocycles. The first-order chi connectivity index (χ1) is 25.2. The summed E-state index contributed by atoms with van der Waals surface area (Å²) in [6.07, 6.45) is 8.70. The van der Waals surface area contributed by atoms with Gasteiger partial charge in [0.2, 0.25) is 0 Å². The standard InChI is InChI=1S/C24H38O4.C20H17O3P/c1-5-9-13-19(7-3)17-27-23(25)21-15-11-12-16-22(21)24(26)28-18-20(8-4)14-10-6-2;21-20(16-17-10-4-1-5-11-17)23-24(22,18-12-6-2-7-13-18)19-14-8-3-9-15-19/h11-12,15-16,19-20H,5-10,13-14,17-18H2,1-4H3;1-15H,16H2. The molecule has 0 aromatic heterocycles. The first-order valence-corrected chi connectivity index (χ1v) is 20.3. The van der Waals surface area contributed by atoms with E-state index in [1.165, 1.54) is 0 Å². The van der Waals surface area contributed by atoms with Crippen molar-refractivity contribution < 1.29 is 32.9 Å². The molecular formula is C44H55O7P. The van der Waals surface area contributed by atoms with Gasteiger partial charge in [-0.15, -0.1) is 0 Å². The second kappa shape index (κ2) is 23.2. The van der Waals surface area contributed by atoms with Crippen LogP contribution in [0.15, 0.2) is 115 Å². The topological polar surface area (TPSA) is 96.0 Å². The largest absolute Gasteiger partial charge is 0.462 e. The molecule has 0 N–H and O–H groups in total. The zero-order valence-electron chi connectivity index (χ0n) is 31.2. The lowest BCUT2D eigenvalue weighted by molar-refractivity contribution is -0.133. The molecule has 4 rings (SSSR count). The molecular weight excluding hydrogens is 671 g/mol. The number of ether oxygens (including phenoxy) is 2. The average molecular weight is 727 g/mol. The molecule has 0 fully saturated rings. The summed E-state index contributed by atoms with van der Waals surface area (Å²) in [6, 6.07) is 33.8. The Bertz CT molecular complexity index is 1580. The lowest BCUT2D eigenvalue weighted by Gasteiger charge is -2.19. The smallest absolute Gasteiger partial charge is 0.339 e. The number of unbranched alkanes of at least 4 members (excludes halogenated alkanes) is 2. The van der Waals surface area contributed by atoms with Gasteiger partial charge in [-0.1, -0.05) is 145 Å². The third-order valence-electron chi connectivity index (χ3n) is 8.97. The Morgan fingerprint density at radius 1 is 0.558 bits per heavy atom. The summed E-state index contributed by atoms with van der Waals surface area (Å²) in [5.41, 5.74) is 1.41. The minimum absolute atomic E-state index is 0.0878. The maximum absolute atomic E-state index is 13.6. The summed E-state index contributed by atoms with van der Waals surface area (Å²) in [4.78, 5) is 37.5. The summed E-state index contributed by atoms with van der Waals surface area (Å²) in [5, 5.41) is 1.02. The molecule has 8 heteroatoms. The highest BCUT2D eigenvalue weighted by Gasteiger charge is 2.32. The van der Waals surface area contributed by atoms with Gasteiger partial charge in [0.15, 0.2) is 0 Å². The number of hydrogen-bond acceptors (Lipinski definition) is 7. The monoisotopic (exact) mass is 726 g/mol. The molecule has 52 heavy (non-hydrogen) atoms. The lowest BCUT2D eigenvalue weighted by Crippen LogP contribution is -2.21. The van der Waals surface area contributed by atoms with E-state index in [-0.39, 0.29) is 6.42 Å². The number of rotatable bonds is 19. The zero-order valence-corrected chi connectivity index (χ0v) is 32.1. The van der Waals surface area contributed by atoms with Crippen molar-refractivity contribution >= 4 is 35.9 Å². The van der Waals surface area contributed by atoms with Crippen molar-refractivity contribution in [2.75, 3.05) is 13.2 Å². The first kappa shape index (κ1) is 41.9. The van der Waals surface area contributed by atoms with Crippen molar-refractivity contribution in [3.05, 3.63) is 132 Å². The van der Waals surface area contributed by atoms with Crippen molar-refractivity contribution in [2.24, 2.45) is 11.8 Å². The fraction of sp³-hybridized carbons (Fsp3) is 0.386. The molecule has 0 saturated carbocycles. The van der Waals surface area contributed by atoms with E-state index in [1.54, 1.807) is 72.8 Å². The van der Waals surface area contributed by atoms with Crippen LogP contribution in [0.3, 0.4) is 0 Å². The predicted octanol–water partition coefficient (Wildman–Crippen LogP) is 10.1. The molecule has 4 aromatic rings. The van der Waals surface area contributed by atoms with Crippen LogP contribution in [0.4, 0.5) is 0 Å². The van der Waals surface area contributed by atoms with Gasteiger partial charge in [0.1, 0.15) is 0 Å². The minimum atomic E-state index is -3.47. The van der Waals surface area contributed by atoms with Crippen LogP contribution in [0.25, 0.3) is 0 Å². The summed E-state index contributed by atoms with van der Waals surface area (Å²) in [7, 11) is -3.47. The molecule has 0 bridgehead atoms. The third-order valence-corrected chi connectivity index (χ3v) is 11.4. The molecule has 0 radical (unpaired) electrons. The highest BCUT2D eigenvalue weighted by Crippen LogP contribution is 2.44. The van der Waals surface area contributed by atoms with Crippen LogP contribution in [0.5, 0.6) is 0 Å². The Morgan fingerprint density at radius 3 is 1.33 bits per heavy atom. The van der Waals surface area contributed by atoms with Crippen LogP contribution in [-0.4, -0.2) is 31.1 Å². The Balaban J connectivity index is 0.000000283. The van der Waals surface area contributed by atoms with Gasteiger partial charge in [0.05, 0.1) is 41.4 Å². The average Bonchev–Trinajstić information content (AvgIpc) is 3.19. The number of carbonyl (C=O) groups excluding carboxylic acids is 3. The molecule has 4 aromatic carbocycles. The fourth-order valence-corrected chi connectivity index (χ4v) is 7.61. The van der Waals surface area contributed by atoms with Crippen molar-refractivity contribution in [1.29, 1.82) is 0 Å². The molecule has 0 spiro atoms. The Morgan fingerprint density at radius 2 is 0.942 bits per heavy atom. The molecule has 0 amide bonds. The second-order valence-electron chi connectivity index (χ2n) is 12.9. The van der Waals surface area contributed by atoms with Crippen LogP contribution in [0, 0.1) is 11.8 Å². The van der Waals surface area contributed by atoms with E-state index in [0.717, 1.165) is 56.9 Å². The number of carbonyl (C=O) groups is 3. The molecule has 278 valence electrons. The lowest BCUT2D eigenvalue weighted by atomic mass is 10.0. The number of benzene rings is 4. The quantitative estimate of drug-likeness (QED) is 0.0701. The van der Waals surface area contributed by atoms with Crippen molar-refractivity contribution in [3.8, 4) is 0 Å². The fourth-order valence-electron chi connectivity index (χ4n) is 5.62. The van der Waals surface area contributed by atoms with Crippen LogP contribution in [-0.2, 0) is 29.8 Å². The maximum atomic E-state index is 13.6. The van der Waals surface area contributed by atoms with Crippen LogP contribution < -0.4 is 10.6 Å². The van der Waals surface area contributed by atoms with Gasteiger partial charge in [-0.05, 0) is 66.6 Å². The highest BCUT2D eigenvalue weighted by molar-refractivity contribution is 7.74. The van der Waals surface area contributed by atoms with E-state index in [1.807, 2.05) is 42.5 Å². The molecule has 2 unspecified atom stereocenters. The second-order valence-corrected chi connectivity index (χ2v) is 15.2. The maximum Gasteiger partial charge on any atom is 0.339 e. The SMILES string of the molecule is CCCCC(CC)COC(=O)c1ccccc1C(=O)OCC(CC)CCCC.O=C(Cc1ccccc1)OP(=O)(c1ccccc1)c1ccccc1. The molecule has 0 aliphatic carbocycles. The molecule has 0 aliphatic rings. The summed E-state index contributed by atoms with van der Waals surface area (Å²) in [5.74, 6) is -0.655. The molecule has 0 saturated heterocycles. The predicted molar refractivity (Wildman–Crippen MR) is 210 cm³/mol. The van der Waals surface area contributed by atoms with Gasteiger partial charge in [-0.2, -0.15) is 0 Å². The van der Waals surface area contributed by atoms with Gasteiger partial charge < -0.3 is 14.0 Å². The van der Waals surface area contributed by atoms with Crippen molar-refractivity contribution in [3.63, 3.8) is 0 Å². The van der Waals surface area contributed by atoms with Gasteiger partial charge in [-0.3, -0.25) is 9.36 Å². The van der Waals surface area contributed by atoms with Gasteiger partial charge in [-0.25, -0.2) is 9.59 Å². The van der Waals surface area contributed by atoms with Crippen LogP contribution in [0.1, 0.15) is 105 Å². The Kier molecular flexibility index (Phi) is 18.7. The molecule has 0 heterocycles. The normalized spacial score (nSPS) is 12.1. The first-order valence-electron chi connectivity index (χ1n) is 18.7. The van der Waals surface area contributed by atoms with Crippen LogP contribution in [0.2, 0.25) is 0 Å². The van der Waals surface area contributed by atoms with E-state index in [4.69, 9.17) is 14.0 Å². The van der Waals surface area contributed by atoms with Crippen molar-refractivity contribution in [2.45, 2.75) is 85.5 Å². The van der Waals surface area contributed by atoms with Gasteiger partial charge in [0.25, 0.3) is 0 Å². The van der Waals surface area contributed by atoms with Crippen LogP contribution >= 0.6 is 7.37 Å². The molecule has 2 atom stereocenters. The van der Waals surface area contributed by atoms with E-state index in [2.05, 4.69) is 27.7 Å². The van der Waals surface area contributed by atoms with E-state index in [9.17, 15) is 18.9 Å². The summed E-state index contributed by atoms with van der Waals surface area (Å²) in [6.45, 7) is 9.34. The summed E-state index contributed by atoms with van der Waals surface area (Å²) >= 11 is 0. The van der Waals surface area contributed by atoms with E-state index in [0.29, 0.717) is 46.8 Å². The number of esters is 2. The summed E-state index contributed by atoms with van der Waals surface area (Å²) < 4.78 is 30.1. The van der Waals surface area contributed by atoms with E-state index < -0.39 is 25.3 Å². The van der Waals surface area contributed by atoms with Gasteiger partial charge in [0, 0.05) is 0 Å². The number of hydrogen-bond donors (Lipinski definition) is 0. The highest BCUT2D eigenvalue weighted by atomic mass is 31.2. The van der Waals surface area contributed by atoms with Crippen molar-refractivity contribution in [1.82, 2.24) is 0 Å². The third kappa shape index (κ3) is 13.6.